The second-order valence-electron chi connectivity index (χ2n) is 9.08. The van der Waals surface area contributed by atoms with Crippen LogP contribution < -0.4 is 10.2 Å². The number of hydrogen-bond acceptors (Lipinski definition) is 4. The molecule has 0 spiro atoms. The average Bonchev–Trinajstić information content (AvgIpc) is 3.25. The van der Waals surface area contributed by atoms with Gasteiger partial charge in [0, 0.05) is 17.2 Å². The third kappa shape index (κ3) is 3.57. The van der Waals surface area contributed by atoms with Gasteiger partial charge in [0.05, 0.1) is 28.7 Å². The molecule has 0 fully saturated rings. The van der Waals surface area contributed by atoms with Gasteiger partial charge < -0.3 is 15.0 Å². The fourth-order valence-electron chi connectivity index (χ4n) is 4.35. The molecule has 1 aliphatic heterocycles. The summed E-state index contributed by atoms with van der Waals surface area (Å²) in [5, 5.41) is 12.9. The number of aromatic hydroxyl groups is 1. The van der Waals surface area contributed by atoms with E-state index in [2.05, 4.69) is 15.3 Å². The van der Waals surface area contributed by atoms with Crippen molar-refractivity contribution in [3.8, 4) is 5.75 Å². The maximum absolute atomic E-state index is 13.4. The number of aromatic amines is 1. The highest BCUT2D eigenvalue weighted by Crippen LogP contribution is 2.44. The molecule has 3 aromatic carbocycles. The Bertz CT molecular complexity index is 1470. The maximum atomic E-state index is 13.4. The van der Waals surface area contributed by atoms with E-state index >= 15 is 0 Å². The Morgan fingerprint density at radius 3 is 2.71 bits per heavy atom. The van der Waals surface area contributed by atoms with Gasteiger partial charge in [-0.2, -0.15) is 0 Å². The number of anilines is 2. The van der Waals surface area contributed by atoms with E-state index in [1.807, 2.05) is 39.0 Å². The second kappa shape index (κ2) is 7.69. The van der Waals surface area contributed by atoms with E-state index in [1.54, 1.807) is 23.1 Å². The summed E-state index contributed by atoms with van der Waals surface area (Å²) in [5.41, 5.74) is 3.86. The molecule has 172 valence electrons. The molecule has 4 aromatic rings. The van der Waals surface area contributed by atoms with Crippen molar-refractivity contribution >= 4 is 34.5 Å². The number of carbonyl (C=O) groups is 2. The van der Waals surface area contributed by atoms with Gasteiger partial charge in [-0.15, -0.1) is 0 Å². The molecule has 0 bridgehead atoms. The molecule has 2 heterocycles. The number of fused-ring (bicyclic) bond motifs is 2. The van der Waals surface area contributed by atoms with E-state index in [4.69, 9.17) is 0 Å². The number of nitrogens with one attached hydrogen (secondary N) is 2. The molecule has 7 nitrogen and oxygen atoms in total. The van der Waals surface area contributed by atoms with Gasteiger partial charge in [-0.1, -0.05) is 23.8 Å². The minimum atomic E-state index is -0.810. The smallest absolute Gasteiger partial charge is 0.257 e. The van der Waals surface area contributed by atoms with Crippen LogP contribution in [-0.2, 0) is 16.8 Å². The van der Waals surface area contributed by atoms with Gasteiger partial charge in [-0.05, 0) is 56.7 Å². The van der Waals surface area contributed by atoms with E-state index in [-0.39, 0.29) is 24.1 Å². The van der Waals surface area contributed by atoms with Crippen molar-refractivity contribution in [2.24, 2.45) is 0 Å². The highest BCUT2D eigenvalue weighted by Gasteiger charge is 2.44. The van der Waals surface area contributed by atoms with Crippen molar-refractivity contribution in [1.82, 2.24) is 9.97 Å². The molecule has 0 saturated carbocycles. The minimum Gasteiger partial charge on any atom is -0.507 e. The lowest BCUT2D eigenvalue weighted by molar-refractivity contribution is -0.122. The lowest BCUT2D eigenvalue weighted by Gasteiger charge is -2.21. The first kappa shape index (κ1) is 21.6. The summed E-state index contributed by atoms with van der Waals surface area (Å²) in [6, 6.07) is 14.7. The van der Waals surface area contributed by atoms with Crippen LogP contribution in [0.5, 0.6) is 5.75 Å². The molecule has 34 heavy (non-hydrogen) atoms. The number of rotatable bonds is 4. The first-order chi connectivity index (χ1) is 16.1. The van der Waals surface area contributed by atoms with Crippen LogP contribution in [0.15, 0.2) is 54.6 Å². The molecular weight excluding hydrogens is 435 g/mol. The largest absolute Gasteiger partial charge is 0.507 e. The summed E-state index contributed by atoms with van der Waals surface area (Å²) in [7, 11) is 0. The molecule has 3 N–H and O–H groups in total. The second-order valence-corrected chi connectivity index (χ2v) is 9.08. The van der Waals surface area contributed by atoms with Gasteiger partial charge >= 0.3 is 0 Å². The number of phenols is 1. The fraction of sp³-hybridized carbons (Fsp3) is 0.192. The number of imidazole rings is 1. The van der Waals surface area contributed by atoms with Crippen molar-refractivity contribution in [2.75, 3.05) is 10.2 Å². The number of amides is 2. The van der Waals surface area contributed by atoms with Gasteiger partial charge in [-0.3, -0.25) is 14.9 Å². The molecule has 2 amide bonds. The van der Waals surface area contributed by atoms with Crippen molar-refractivity contribution in [3.63, 3.8) is 0 Å². The Morgan fingerprint density at radius 1 is 1.18 bits per heavy atom. The van der Waals surface area contributed by atoms with E-state index in [0.717, 1.165) is 17.2 Å². The molecule has 1 aliphatic rings. The summed E-state index contributed by atoms with van der Waals surface area (Å²) in [6.07, 6.45) is 0. The summed E-state index contributed by atoms with van der Waals surface area (Å²) < 4.78 is 13.4. The standard InChI is InChI=1S/C26H23FN4O3/c1-14-5-4-6-15(9-14)23(33)30-25-28-19-11-18-21(12-20(19)29-25)31(24(34)26(18,2)3)13-16-7-8-17(27)10-22(16)32/h4-12,32H,13H2,1-3H3,(H2,28,29,30,33). The average molecular weight is 458 g/mol. The summed E-state index contributed by atoms with van der Waals surface area (Å²) in [6.45, 7) is 5.68. The zero-order valence-electron chi connectivity index (χ0n) is 18.9. The highest BCUT2D eigenvalue weighted by molar-refractivity contribution is 6.10. The minimum absolute atomic E-state index is 0.0915. The number of H-pyrrole nitrogens is 1. The summed E-state index contributed by atoms with van der Waals surface area (Å²) in [4.78, 5) is 35.1. The van der Waals surface area contributed by atoms with Gasteiger partial charge in [-0.25, -0.2) is 9.37 Å². The van der Waals surface area contributed by atoms with Gasteiger partial charge in [0.2, 0.25) is 11.9 Å². The third-order valence-corrected chi connectivity index (χ3v) is 6.23. The van der Waals surface area contributed by atoms with Gasteiger partial charge in [0.25, 0.3) is 5.91 Å². The van der Waals surface area contributed by atoms with Crippen LogP contribution in [0.2, 0.25) is 0 Å². The zero-order valence-corrected chi connectivity index (χ0v) is 18.9. The Morgan fingerprint density at radius 2 is 1.97 bits per heavy atom. The van der Waals surface area contributed by atoms with E-state index in [1.165, 1.54) is 12.1 Å². The number of hydrogen-bond donors (Lipinski definition) is 3. The first-order valence-corrected chi connectivity index (χ1v) is 10.8. The normalized spacial score (nSPS) is 14.5. The maximum Gasteiger partial charge on any atom is 0.257 e. The Hall–Kier alpha value is -4.20. The molecule has 0 aliphatic carbocycles. The third-order valence-electron chi connectivity index (χ3n) is 6.23. The predicted octanol–water partition coefficient (Wildman–Crippen LogP) is 4.79. The topological polar surface area (TPSA) is 98.3 Å². The van der Waals surface area contributed by atoms with Gasteiger partial charge in [0.1, 0.15) is 11.6 Å². The molecule has 0 atom stereocenters. The molecule has 0 saturated heterocycles. The SMILES string of the molecule is Cc1cccc(C(=O)Nc2nc3cc4c(cc3[nH]2)C(C)(C)C(=O)N4Cc2ccc(F)cc2O)c1. The van der Waals surface area contributed by atoms with Crippen LogP contribution in [-0.4, -0.2) is 26.9 Å². The Labute approximate surface area is 195 Å². The molecule has 0 radical (unpaired) electrons. The quantitative estimate of drug-likeness (QED) is 0.409. The highest BCUT2D eigenvalue weighted by atomic mass is 19.1. The fourth-order valence-corrected chi connectivity index (χ4v) is 4.35. The lowest BCUT2D eigenvalue weighted by atomic mass is 9.86. The van der Waals surface area contributed by atoms with Crippen LogP contribution in [0.3, 0.4) is 0 Å². The van der Waals surface area contributed by atoms with Crippen LogP contribution in [0.1, 0.15) is 40.9 Å². The van der Waals surface area contributed by atoms with Crippen molar-refractivity contribution < 1.29 is 19.1 Å². The van der Waals surface area contributed by atoms with Crippen molar-refractivity contribution in [1.29, 1.82) is 0 Å². The van der Waals surface area contributed by atoms with Crippen LogP contribution in [0, 0.1) is 12.7 Å². The summed E-state index contributed by atoms with van der Waals surface area (Å²) >= 11 is 0. The van der Waals surface area contributed by atoms with Gasteiger partial charge in [0.15, 0.2) is 0 Å². The molecule has 5 rings (SSSR count). The Balaban J connectivity index is 1.50. The number of aromatic nitrogens is 2. The number of phenolic OH excluding ortho intramolecular Hbond substituents is 1. The number of benzene rings is 3. The monoisotopic (exact) mass is 458 g/mol. The van der Waals surface area contributed by atoms with Crippen LogP contribution >= 0.6 is 0 Å². The lowest BCUT2D eigenvalue weighted by Crippen LogP contribution is -2.35. The number of nitrogens with zero attached hydrogens (tertiary/aromatic N) is 2. The van der Waals surface area contributed by atoms with E-state index < -0.39 is 11.2 Å². The van der Waals surface area contributed by atoms with E-state index in [0.29, 0.717) is 33.8 Å². The number of halogens is 1. The Kier molecular flexibility index (Phi) is 4.89. The van der Waals surface area contributed by atoms with Crippen molar-refractivity contribution in [3.05, 3.63) is 82.7 Å². The van der Waals surface area contributed by atoms with Crippen LogP contribution in [0.25, 0.3) is 11.0 Å². The number of aryl methyl sites for hydroxylation is 1. The number of carbonyl (C=O) groups excluding carboxylic acids is 2. The first-order valence-electron chi connectivity index (χ1n) is 10.8. The predicted molar refractivity (Wildman–Crippen MR) is 128 cm³/mol. The summed E-state index contributed by atoms with van der Waals surface area (Å²) in [5.74, 6) is -0.864. The molecular formula is C26H23FN4O3. The molecule has 1 aromatic heterocycles. The molecule has 8 heteroatoms. The van der Waals surface area contributed by atoms with E-state index in [9.17, 15) is 19.1 Å². The van der Waals surface area contributed by atoms with Crippen molar-refractivity contribution in [2.45, 2.75) is 32.7 Å². The van der Waals surface area contributed by atoms with Crippen LogP contribution in [0.4, 0.5) is 16.0 Å². The zero-order chi connectivity index (χ0) is 24.2. The molecule has 0 unspecified atom stereocenters.